The summed E-state index contributed by atoms with van der Waals surface area (Å²) in [6, 6.07) is 1.64. The zero-order valence-corrected chi connectivity index (χ0v) is 14.9. The van der Waals surface area contributed by atoms with E-state index in [4.69, 9.17) is 16.8 Å². The maximum atomic E-state index is 12.2. The van der Waals surface area contributed by atoms with Crippen molar-refractivity contribution in [3.05, 3.63) is 28.9 Å². The molecule has 0 atom stereocenters. The molecule has 8 heteroatoms. The Morgan fingerprint density at radius 2 is 2.16 bits per heavy atom. The van der Waals surface area contributed by atoms with Crippen molar-refractivity contribution in [1.29, 1.82) is 0 Å². The van der Waals surface area contributed by atoms with E-state index in [9.17, 15) is 9.59 Å². The molecular weight excluding hydrogens is 344 g/mol. The predicted octanol–water partition coefficient (Wildman–Crippen LogP) is 2.31. The third-order valence-corrected chi connectivity index (χ3v) is 4.46. The highest BCUT2D eigenvalue weighted by molar-refractivity contribution is 6.33. The van der Waals surface area contributed by atoms with Gasteiger partial charge in [-0.2, -0.15) is 0 Å². The maximum Gasteiger partial charge on any atom is 0.267 e. The molecule has 0 bridgehead atoms. The number of carbonyl (C=O) groups excluding carboxylic acids is 2. The second kappa shape index (κ2) is 9.39. The van der Waals surface area contributed by atoms with Crippen LogP contribution in [0.25, 0.3) is 6.08 Å². The molecule has 136 valence electrons. The number of nitrogens with one attached hydrogen (secondary N) is 2. The van der Waals surface area contributed by atoms with Gasteiger partial charge < -0.3 is 10.2 Å². The van der Waals surface area contributed by atoms with Gasteiger partial charge in [-0.3, -0.25) is 14.8 Å². The van der Waals surface area contributed by atoms with Crippen LogP contribution in [0.1, 0.15) is 31.7 Å². The number of rotatable bonds is 6. The Bertz CT molecular complexity index is 643. The number of hydrogen-bond acceptors (Lipinski definition) is 5. The van der Waals surface area contributed by atoms with Crippen LogP contribution < -0.4 is 10.8 Å². The summed E-state index contributed by atoms with van der Waals surface area (Å²) in [6.07, 6.45) is 6.72. The van der Waals surface area contributed by atoms with E-state index in [-0.39, 0.29) is 5.91 Å². The summed E-state index contributed by atoms with van der Waals surface area (Å²) in [5, 5.41) is 11.9. The zero-order chi connectivity index (χ0) is 18.2. The Labute approximate surface area is 152 Å². The fourth-order valence-electron chi connectivity index (χ4n) is 2.59. The van der Waals surface area contributed by atoms with E-state index in [0.29, 0.717) is 35.3 Å². The maximum absolute atomic E-state index is 12.2. The first kappa shape index (κ1) is 19.2. The number of pyridine rings is 1. The number of piperidine rings is 1. The minimum atomic E-state index is -0.635. The highest BCUT2D eigenvalue weighted by Gasteiger charge is 2.19. The van der Waals surface area contributed by atoms with E-state index >= 15 is 0 Å². The second-order valence-corrected chi connectivity index (χ2v) is 6.56. The summed E-state index contributed by atoms with van der Waals surface area (Å²) in [7, 11) is 0. The summed E-state index contributed by atoms with van der Waals surface area (Å²) in [6.45, 7) is 4.34. The summed E-state index contributed by atoms with van der Waals surface area (Å²) < 4.78 is 0. The van der Waals surface area contributed by atoms with Crippen LogP contribution in [-0.4, -0.2) is 46.5 Å². The van der Waals surface area contributed by atoms with Crippen LogP contribution in [0.15, 0.2) is 18.3 Å². The average Bonchev–Trinajstić information content (AvgIpc) is 2.61. The minimum Gasteiger partial charge on any atom is -0.368 e. The first-order valence-electron chi connectivity index (χ1n) is 8.29. The minimum absolute atomic E-state index is 0.144. The molecule has 1 aromatic heterocycles. The molecule has 3 N–H and O–H groups in total. The van der Waals surface area contributed by atoms with Crippen molar-refractivity contribution in [2.24, 2.45) is 5.92 Å². The fourth-order valence-corrected chi connectivity index (χ4v) is 2.83. The number of carbonyl (C=O) groups is 2. The molecule has 0 radical (unpaired) electrons. The molecule has 1 aromatic rings. The zero-order valence-electron chi connectivity index (χ0n) is 14.2. The predicted molar refractivity (Wildman–Crippen MR) is 96.3 cm³/mol. The molecular formula is C17H23ClN4O3. The van der Waals surface area contributed by atoms with Gasteiger partial charge in [0.1, 0.15) is 5.82 Å². The van der Waals surface area contributed by atoms with Crippen LogP contribution in [0.4, 0.5) is 5.82 Å². The van der Waals surface area contributed by atoms with E-state index in [2.05, 4.69) is 17.2 Å². The number of likely N-dealkylation sites (tertiary alicyclic amines) is 1. The van der Waals surface area contributed by atoms with Crippen molar-refractivity contribution in [2.45, 2.75) is 26.2 Å². The number of halogens is 1. The normalized spacial score (nSPS) is 15.4. The van der Waals surface area contributed by atoms with Gasteiger partial charge in [-0.15, -0.1) is 0 Å². The van der Waals surface area contributed by atoms with E-state index in [0.717, 1.165) is 25.9 Å². The Morgan fingerprint density at radius 3 is 2.80 bits per heavy atom. The summed E-state index contributed by atoms with van der Waals surface area (Å²) in [4.78, 5) is 29.2. The molecule has 1 fully saturated rings. The van der Waals surface area contributed by atoms with E-state index < -0.39 is 5.91 Å². The van der Waals surface area contributed by atoms with Gasteiger partial charge in [0.15, 0.2) is 0 Å². The van der Waals surface area contributed by atoms with Crippen LogP contribution in [-0.2, 0) is 9.59 Å². The molecule has 2 amide bonds. The molecule has 1 aliphatic rings. The largest absolute Gasteiger partial charge is 0.368 e. The molecule has 1 aliphatic heterocycles. The van der Waals surface area contributed by atoms with Gasteiger partial charge in [0.25, 0.3) is 5.91 Å². The molecule has 0 aliphatic carbocycles. The van der Waals surface area contributed by atoms with Crippen molar-refractivity contribution < 1.29 is 14.8 Å². The average molecular weight is 367 g/mol. The lowest BCUT2D eigenvalue weighted by Gasteiger charge is -2.30. The van der Waals surface area contributed by atoms with E-state index in [1.807, 2.05) is 4.90 Å². The van der Waals surface area contributed by atoms with Gasteiger partial charge in [-0.25, -0.2) is 10.5 Å². The Hall–Kier alpha value is -2.12. The lowest BCUT2D eigenvalue weighted by molar-refractivity contribution is -0.132. The summed E-state index contributed by atoms with van der Waals surface area (Å²) in [5.74, 6) is 0.695. The van der Waals surface area contributed by atoms with Crippen LogP contribution in [0.5, 0.6) is 0 Å². The fraction of sp³-hybridized carbons (Fsp3) is 0.471. The number of anilines is 1. The van der Waals surface area contributed by atoms with Gasteiger partial charge in [-0.1, -0.05) is 18.5 Å². The third kappa shape index (κ3) is 6.03. The Morgan fingerprint density at radius 1 is 1.44 bits per heavy atom. The molecule has 1 saturated heterocycles. The Balaban J connectivity index is 1.81. The van der Waals surface area contributed by atoms with Crippen LogP contribution in [0.3, 0.4) is 0 Å². The van der Waals surface area contributed by atoms with Crippen molar-refractivity contribution in [3.63, 3.8) is 0 Å². The molecule has 0 spiro atoms. The number of nitrogens with zero attached hydrogens (tertiary/aromatic N) is 2. The second-order valence-electron chi connectivity index (χ2n) is 6.15. The summed E-state index contributed by atoms with van der Waals surface area (Å²) in [5.41, 5.74) is 2.12. The van der Waals surface area contributed by atoms with Crippen molar-refractivity contribution in [2.75, 3.05) is 25.0 Å². The quantitative estimate of drug-likeness (QED) is 0.408. The summed E-state index contributed by atoms with van der Waals surface area (Å²) >= 11 is 6.15. The molecule has 2 heterocycles. The lowest BCUT2D eigenvalue weighted by Crippen LogP contribution is -2.38. The number of hydrogen-bond donors (Lipinski definition) is 3. The number of amides is 2. The SMILES string of the molecule is CC1CCN(C(=O)CCNc2ncc(/C=C/C(=O)NO)cc2Cl)CC1. The standard InChI is InChI=1S/C17H23ClN4O3/c1-12-5-8-22(9-6-12)16(24)4-7-19-17-14(18)10-13(11-20-17)2-3-15(23)21-25/h2-3,10-12,25H,4-9H2,1H3,(H,19,20)(H,21,23)/b3-2+. The monoisotopic (exact) mass is 366 g/mol. The van der Waals surface area contributed by atoms with Crippen molar-refractivity contribution in [1.82, 2.24) is 15.4 Å². The molecule has 0 unspecified atom stereocenters. The molecule has 7 nitrogen and oxygen atoms in total. The van der Waals surface area contributed by atoms with Crippen molar-refractivity contribution >= 4 is 35.3 Å². The topological polar surface area (TPSA) is 94.6 Å². The third-order valence-electron chi connectivity index (χ3n) is 4.17. The van der Waals surface area contributed by atoms with Gasteiger partial charge >= 0.3 is 0 Å². The number of aromatic nitrogens is 1. The van der Waals surface area contributed by atoms with Crippen LogP contribution in [0, 0.1) is 5.92 Å². The van der Waals surface area contributed by atoms with E-state index in [1.165, 1.54) is 17.6 Å². The highest BCUT2D eigenvalue weighted by Crippen LogP contribution is 2.21. The smallest absolute Gasteiger partial charge is 0.267 e. The van der Waals surface area contributed by atoms with Gasteiger partial charge in [0.2, 0.25) is 5.91 Å². The number of hydroxylamine groups is 1. The molecule has 25 heavy (non-hydrogen) atoms. The first-order valence-corrected chi connectivity index (χ1v) is 8.66. The lowest BCUT2D eigenvalue weighted by atomic mass is 9.99. The van der Waals surface area contributed by atoms with Crippen molar-refractivity contribution in [3.8, 4) is 0 Å². The highest BCUT2D eigenvalue weighted by atomic mass is 35.5. The van der Waals surface area contributed by atoms with Crippen LogP contribution in [0.2, 0.25) is 5.02 Å². The molecule has 2 rings (SSSR count). The van der Waals surface area contributed by atoms with Crippen LogP contribution >= 0.6 is 11.6 Å². The van der Waals surface area contributed by atoms with Gasteiger partial charge in [0, 0.05) is 38.3 Å². The molecule has 0 saturated carbocycles. The van der Waals surface area contributed by atoms with Gasteiger partial charge in [-0.05, 0) is 36.5 Å². The Kier molecular flexibility index (Phi) is 7.21. The first-order chi connectivity index (χ1) is 12.0. The van der Waals surface area contributed by atoms with E-state index in [1.54, 1.807) is 12.3 Å². The molecule has 0 aromatic carbocycles. The van der Waals surface area contributed by atoms with Gasteiger partial charge in [0.05, 0.1) is 5.02 Å².